The van der Waals surface area contributed by atoms with Crippen molar-refractivity contribution in [1.29, 1.82) is 0 Å². The van der Waals surface area contributed by atoms with E-state index in [4.69, 9.17) is 14.6 Å². The van der Waals surface area contributed by atoms with Gasteiger partial charge in [-0.15, -0.1) is 0 Å². The molecule has 2 rings (SSSR count). The van der Waals surface area contributed by atoms with Crippen molar-refractivity contribution in [1.82, 2.24) is 5.32 Å². The van der Waals surface area contributed by atoms with E-state index in [1.54, 1.807) is 30.3 Å². The molecular weight excluding hydrogens is 374 g/mol. The summed E-state index contributed by atoms with van der Waals surface area (Å²) < 4.78 is 10.3. The van der Waals surface area contributed by atoms with Crippen molar-refractivity contribution in [2.24, 2.45) is 0 Å². The van der Waals surface area contributed by atoms with Crippen LogP contribution in [-0.2, 0) is 25.7 Å². The van der Waals surface area contributed by atoms with Crippen molar-refractivity contribution in [3.05, 3.63) is 35.9 Å². The number of carbonyl (C=O) groups is 2. The van der Waals surface area contributed by atoms with Crippen molar-refractivity contribution >= 4 is 11.9 Å². The lowest BCUT2D eigenvalue weighted by molar-refractivity contribution is -0.297. The maximum Gasteiger partial charge on any atom is 0.367 e. The Kier molecular flexibility index (Phi) is 7.47. The van der Waals surface area contributed by atoms with Crippen molar-refractivity contribution < 1.29 is 44.6 Å². The van der Waals surface area contributed by atoms with Gasteiger partial charge >= 0.3 is 5.97 Å². The Morgan fingerprint density at radius 3 is 2.54 bits per heavy atom. The molecule has 0 aromatic heterocycles. The Bertz CT molecular complexity index is 670. The van der Waals surface area contributed by atoms with Crippen LogP contribution in [0.4, 0.5) is 0 Å². The number of nitrogens with one attached hydrogen (secondary N) is 1. The average Bonchev–Trinajstić information content (AvgIpc) is 2.67. The molecule has 0 aliphatic carbocycles. The smallest absolute Gasteiger partial charge is 0.367 e. The van der Waals surface area contributed by atoms with Gasteiger partial charge in [-0.2, -0.15) is 0 Å². The number of benzene rings is 1. The Balaban J connectivity index is 2.17. The summed E-state index contributed by atoms with van der Waals surface area (Å²) in [5.41, 5.74) is 0.652. The largest absolute Gasteiger partial charge is 0.457 e. The van der Waals surface area contributed by atoms with Gasteiger partial charge in [0.1, 0.15) is 24.9 Å². The number of aliphatic hydroxyl groups excluding tert-OH is 4. The molecule has 6 atom stereocenters. The Morgan fingerprint density at radius 2 is 1.96 bits per heavy atom. The molecule has 1 saturated heterocycles. The van der Waals surface area contributed by atoms with Gasteiger partial charge < -0.3 is 40.3 Å². The highest BCUT2D eigenvalue weighted by Crippen LogP contribution is 2.31. The molecule has 1 unspecified atom stereocenters. The molecule has 0 radical (unpaired) electrons. The number of rotatable bonds is 7. The van der Waals surface area contributed by atoms with Gasteiger partial charge in [0, 0.05) is 13.3 Å². The first kappa shape index (κ1) is 22.2. The van der Waals surface area contributed by atoms with Crippen molar-refractivity contribution in [3.8, 4) is 0 Å². The molecule has 0 bridgehead atoms. The Hall–Kier alpha value is -2.08. The lowest BCUT2D eigenvalue weighted by Crippen LogP contribution is -2.67. The molecule has 1 aliphatic heterocycles. The maximum atomic E-state index is 12.4. The third-order valence-corrected chi connectivity index (χ3v) is 4.40. The summed E-state index contributed by atoms with van der Waals surface area (Å²) in [4.78, 5) is 23.8. The molecule has 1 aliphatic rings. The molecule has 1 aromatic carbocycles. The third-order valence-electron chi connectivity index (χ3n) is 4.40. The monoisotopic (exact) mass is 399 g/mol. The van der Waals surface area contributed by atoms with E-state index in [1.807, 2.05) is 0 Å². The highest BCUT2D eigenvalue weighted by Gasteiger charge is 2.54. The Labute approximate surface area is 161 Å². The minimum atomic E-state index is -2.62. The van der Waals surface area contributed by atoms with Crippen LogP contribution in [0.2, 0.25) is 0 Å². The van der Waals surface area contributed by atoms with Gasteiger partial charge in [-0.05, 0) is 5.56 Å². The minimum absolute atomic E-state index is 0.164. The molecule has 0 spiro atoms. The van der Waals surface area contributed by atoms with Gasteiger partial charge in [0.2, 0.25) is 5.91 Å². The van der Waals surface area contributed by atoms with Crippen LogP contribution in [0.25, 0.3) is 0 Å². The van der Waals surface area contributed by atoms with Crippen LogP contribution in [-0.4, -0.2) is 80.3 Å². The molecule has 1 heterocycles. The quantitative estimate of drug-likeness (QED) is 0.279. The summed E-state index contributed by atoms with van der Waals surface area (Å²) in [6.45, 7) is 0.150. The van der Waals surface area contributed by atoms with Gasteiger partial charge in [-0.1, -0.05) is 30.3 Å². The van der Waals surface area contributed by atoms with E-state index in [-0.39, 0.29) is 6.61 Å². The van der Waals surface area contributed by atoms with Crippen LogP contribution in [0.1, 0.15) is 18.9 Å². The highest BCUT2D eigenvalue weighted by molar-refractivity contribution is 5.78. The summed E-state index contributed by atoms with van der Waals surface area (Å²) in [6, 6.07) is 7.41. The standard InChI is InChI=1S/C18H25NO9/c1-10(21)19-14-12(22)7-18(26,28-16(14)15(24)13(23)8-20)17(25)27-9-11-5-3-2-4-6-11/h2-6,12-16,20,22-24,26H,7-9H2,1H3,(H,19,21)/t12-,13+,14+,15+,16+,18?/m0/s1. The number of hydrogen-bond acceptors (Lipinski definition) is 9. The number of hydrogen-bond donors (Lipinski definition) is 6. The fraction of sp³-hybridized carbons (Fsp3) is 0.556. The molecular formula is C18H25NO9. The van der Waals surface area contributed by atoms with Gasteiger partial charge in [-0.25, -0.2) is 4.79 Å². The topological polar surface area (TPSA) is 166 Å². The highest BCUT2D eigenvalue weighted by atomic mass is 16.7. The van der Waals surface area contributed by atoms with Crippen LogP contribution >= 0.6 is 0 Å². The third kappa shape index (κ3) is 5.25. The lowest BCUT2D eigenvalue weighted by Gasteiger charge is -2.45. The number of aliphatic hydroxyl groups is 5. The second kappa shape index (κ2) is 9.41. The average molecular weight is 399 g/mol. The molecule has 0 saturated carbocycles. The predicted molar refractivity (Wildman–Crippen MR) is 93.4 cm³/mol. The molecule has 1 aromatic rings. The molecule has 1 amide bonds. The number of ether oxygens (including phenoxy) is 2. The van der Waals surface area contributed by atoms with Gasteiger partial charge in [-0.3, -0.25) is 4.79 Å². The molecule has 1 fully saturated rings. The SMILES string of the molecule is CC(=O)N[C@H]1[C@H]([C@H](O)[C@H](O)CO)OC(O)(C(=O)OCc2ccccc2)C[C@@H]1O. The fourth-order valence-electron chi connectivity index (χ4n) is 2.97. The van der Waals surface area contributed by atoms with E-state index < -0.39 is 61.1 Å². The first-order chi connectivity index (χ1) is 13.2. The second-order valence-electron chi connectivity index (χ2n) is 6.67. The zero-order chi connectivity index (χ0) is 20.9. The van der Waals surface area contributed by atoms with E-state index in [9.17, 15) is 30.0 Å². The van der Waals surface area contributed by atoms with E-state index in [0.717, 1.165) is 6.92 Å². The first-order valence-electron chi connectivity index (χ1n) is 8.71. The predicted octanol–water partition coefficient (Wildman–Crippen LogP) is -2.21. The molecule has 10 heteroatoms. The first-order valence-corrected chi connectivity index (χ1v) is 8.71. The minimum Gasteiger partial charge on any atom is -0.457 e. The van der Waals surface area contributed by atoms with Gasteiger partial charge in [0.05, 0.1) is 18.8 Å². The van der Waals surface area contributed by atoms with Gasteiger partial charge in [0.25, 0.3) is 5.79 Å². The zero-order valence-corrected chi connectivity index (χ0v) is 15.3. The van der Waals surface area contributed by atoms with Crippen LogP contribution < -0.4 is 5.32 Å². The zero-order valence-electron chi connectivity index (χ0n) is 15.3. The normalized spacial score (nSPS) is 29.6. The summed E-state index contributed by atoms with van der Waals surface area (Å²) >= 11 is 0. The summed E-state index contributed by atoms with van der Waals surface area (Å²) in [6.07, 6.45) is -7.24. The van der Waals surface area contributed by atoms with E-state index >= 15 is 0 Å². The maximum absolute atomic E-state index is 12.4. The van der Waals surface area contributed by atoms with Crippen LogP contribution in [0.3, 0.4) is 0 Å². The van der Waals surface area contributed by atoms with Crippen LogP contribution in [0.5, 0.6) is 0 Å². The molecule has 6 N–H and O–H groups in total. The number of amides is 1. The molecule has 28 heavy (non-hydrogen) atoms. The van der Waals surface area contributed by atoms with Crippen molar-refractivity contribution in [2.45, 2.75) is 56.2 Å². The molecule has 156 valence electrons. The van der Waals surface area contributed by atoms with E-state index in [1.165, 1.54) is 0 Å². The summed E-state index contributed by atoms with van der Waals surface area (Å²) in [5.74, 6) is -4.39. The summed E-state index contributed by atoms with van der Waals surface area (Å²) in [5, 5.41) is 52.2. The van der Waals surface area contributed by atoms with E-state index in [2.05, 4.69) is 5.32 Å². The number of carbonyl (C=O) groups excluding carboxylic acids is 2. The summed E-state index contributed by atoms with van der Waals surface area (Å²) in [7, 11) is 0. The molecule has 10 nitrogen and oxygen atoms in total. The van der Waals surface area contributed by atoms with Crippen molar-refractivity contribution in [2.75, 3.05) is 6.61 Å². The lowest BCUT2D eigenvalue weighted by atomic mass is 9.88. The second-order valence-corrected chi connectivity index (χ2v) is 6.67. The Morgan fingerprint density at radius 1 is 1.32 bits per heavy atom. The fourth-order valence-corrected chi connectivity index (χ4v) is 2.97. The van der Waals surface area contributed by atoms with Crippen molar-refractivity contribution in [3.63, 3.8) is 0 Å². The number of esters is 1. The van der Waals surface area contributed by atoms with Crippen LogP contribution in [0.15, 0.2) is 30.3 Å². The van der Waals surface area contributed by atoms with Gasteiger partial charge in [0.15, 0.2) is 0 Å². The van der Waals surface area contributed by atoms with E-state index in [0.29, 0.717) is 5.56 Å². The van der Waals surface area contributed by atoms with Crippen LogP contribution in [0, 0.1) is 0 Å².